The number of benzene rings is 2. The number of unbranched alkanes of at least 4 members (excludes halogenated alkanes) is 4. The average molecular weight is 286 g/mol. The van der Waals surface area contributed by atoms with Crippen LogP contribution in [0.1, 0.15) is 44.6 Å². The molecule has 2 aromatic rings. The summed E-state index contributed by atoms with van der Waals surface area (Å²) in [6.07, 6.45) is 7.55. The van der Waals surface area contributed by atoms with Crippen molar-refractivity contribution in [1.29, 1.82) is 0 Å². The molecule has 0 saturated carbocycles. The van der Waals surface area contributed by atoms with Crippen LogP contribution in [0.4, 0.5) is 4.39 Å². The van der Waals surface area contributed by atoms with Crippen molar-refractivity contribution >= 4 is 0 Å². The first-order valence-corrected chi connectivity index (χ1v) is 7.78. The van der Waals surface area contributed by atoms with Crippen LogP contribution < -0.4 is 0 Å². The summed E-state index contributed by atoms with van der Waals surface area (Å²) in [6, 6.07) is 12.8. The quantitative estimate of drug-likeness (QED) is 0.646. The van der Waals surface area contributed by atoms with Crippen LogP contribution in [0, 0.1) is 5.82 Å². The molecule has 0 heterocycles. The van der Waals surface area contributed by atoms with E-state index in [1.165, 1.54) is 49.8 Å². The maximum absolute atomic E-state index is 13.4. The zero-order valence-corrected chi connectivity index (χ0v) is 12.6. The number of aryl methyl sites for hydroxylation is 1. The Morgan fingerprint density at radius 2 is 1.52 bits per heavy atom. The summed E-state index contributed by atoms with van der Waals surface area (Å²) in [6.45, 7) is 2.23. The van der Waals surface area contributed by atoms with E-state index in [-0.39, 0.29) is 5.75 Å². The first-order chi connectivity index (χ1) is 10.2. The predicted molar refractivity (Wildman–Crippen MR) is 86.0 cm³/mol. The highest BCUT2D eigenvalue weighted by Gasteiger charge is 2.04. The number of hydrogen-bond acceptors (Lipinski definition) is 1. The third-order valence-electron chi connectivity index (χ3n) is 3.80. The minimum atomic E-state index is -0.576. The molecule has 0 fully saturated rings. The van der Waals surface area contributed by atoms with E-state index in [9.17, 15) is 9.50 Å². The summed E-state index contributed by atoms with van der Waals surface area (Å²) in [5.74, 6) is -0.880. The number of rotatable bonds is 7. The fourth-order valence-electron chi connectivity index (χ4n) is 2.48. The van der Waals surface area contributed by atoms with Crippen molar-refractivity contribution in [2.45, 2.75) is 45.4 Å². The Labute approximate surface area is 126 Å². The first-order valence-electron chi connectivity index (χ1n) is 7.78. The Bertz CT molecular complexity index is 560. The summed E-state index contributed by atoms with van der Waals surface area (Å²) >= 11 is 0. The highest BCUT2D eigenvalue weighted by Crippen LogP contribution is 2.25. The third-order valence-corrected chi connectivity index (χ3v) is 3.80. The molecular formula is C19H23FO. The highest BCUT2D eigenvalue weighted by molar-refractivity contribution is 5.64. The van der Waals surface area contributed by atoms with E-state index in [0.29, 0.717) is 0 Å². The number of hydrogen-bond donors (Lipinski definition) is 1. The number of halogens is 1. The minimum absolute atomic E-state index is 0.303. The van der Waals surface area contributed by atoms with E-state index < -0.39 is 5.82 Å². The minimum Gasteiger partial charge on any atom is -0.505 e. The second-order valence-electron chi connectivity index (χ2n) is 5.53. The Morgan fingerprint density at radius 3 is 2.19 bits per heavy atom. The van der Waals surface area contributed by atoms with Crippen LogP contribution in [-0.2, 0) is 6.42 Å². The van der Waals surface area contributed by atoms with Gasteiger partial charge in [-0.25, -0.2) is 4.39 Å². The zero-order valence-electron chi connectivity index (χ0n) is 12.6. The largest absolute Gasteiger partial charge is 0.505 e. The maximum atomic E-state index is 13.4. The second kappa shape index (κ2) is 7.82. The molecule has 2 aromatic carbocycles. The fraction of sp³-hybridized carbons (Fsp3) is 0.368. The van der Waals surface area contributed by atoms with Crippen molar-refractivity contribution in [3.63, 3.8) is 0 Å². The lowest BCUT2D eigenvalue weighted by atomic mass is 10.0. The van der Waals surface area contributed by atoms with Gasteiger partial charge in [0.05, 0.1) is 0 Å². The van der Waals surface area contributed by atoms with E-state index in [4.69, 9.17) is 0 Å². The van der Waals surface area contributed by atoms with Gasteiger partial charge >= 0.3 is 0 Å². The van der Waals surface area contributed by atoms with Gasteiger partial charge in [-0.1, -0.05) is 62.9 Å². The molecule has 0 aliphatic rings. The Hall–Kier alpha value is -1.83. The van der Waals surface area contributed by atoms with Crippen molar-refractivity contribution < 1.29 is 9.50 Å². The van der Waals surface area contributed by atoms with Crippen LogP contribution in [0.25, 0.3) is 11.1 Å². The van der Waals surface area contributed by atoms with Gasteiger partial charge in [0, 0.05) is 0 Å². The standard InChI is InChI=1S/C19H23FO/c1-2-3-4-5-6-7-15-8-10-16(11-9-15)17-12-13-19(21)18(20)14-17/h8-14,21H,2-7H2,1H3. The summed E-state index contributed by atoms with van der Waals surface area (Å²) < 4.78 is 13.4. The Morgan fingerprint density at radius 1 is 0.857 bits per heavy atom. The van der Waals surface area contributed by atoms with Crippen molar-refractivity contribution in [2.24, 2.45) is 0 Å². The summed E-state index contributed by atoms with van der Waals surface area (Å²) in [4.78, 5) is 0. The van der Waals surface area contributed by atoms with Gasteiger partial charge in [0.1, 0.15) is 0 Å². The fourth-order valence-corrected chi connectivity index (χ4v) is 2.48. The lowest BCUT2D eigenvalue weighted by Crippen LogP contribution is -1.87. The molecule has 0 radical (unpaired) electrons. The van der Waals surface area contributed by atoms with Crippen LogP contribution in [0.5, 0.6) is 5.75 Å². The van der Waals surface area contributed by atoms with Gasteiger partial charge in [-0.15, -0.1) is 0 Å². The summed E-state index contributed by atoms with van der Waals surface area (Å²) in [7, 11) is 0. The van der Waals surface area contributed by atoms with Gasteiger partial charge in [-0.3, -0.25) is 0 Å². The first kappa shape index (κ1) is 15.6. The van der Waals surface area contributed by atoms with Crippen molar-refractivity contribution in [3.05, 3.63) is 53.8 Å². The summed E-state index contributed by atoms with van der Waals surface area (Å²) in [5.41, 5.74) is 3.10. The molecule has 0 unspecified atom stereocenters. The Balaban J connectivity index is 1.93. The van der Waals surface area contributed by atoms with Crippen molar-refractivity contribution in [2.75, 3.05) is 0 Å². The molecule has 112 valence electrons. The lowest BCUT2D eigenvalue weighted by Gasteiger charge is -2.06. The molecule has 0 saturated heterocycles. The SMILES string of the molecule is CCCCCCCc1ccc(-c2ccc(O)c(F)c2)cc1. The highest BCUT2D eigenvalue weighted by atomic mass is 19.1. The van der Waals surface area contributed by atoms with E-state index in [1.807, 2.05) is 12.1 Å². The molecular weight excluding hydrogens is 263 g/mol. The van der Waals surface area contributed by atoms with E-state index in [0.717, 1.165) is 17.5 Å². The molecule has 0 atom stereocenters. The van der Waals surface area contributed by atoms with Crippen LogP contribution in [-0.4, -0.2) is 5.11 Å². The van der Waals surface area contributed by atoms with Gasteiger partial charge in [0.25, 0.3) is 0 Å². The molecule has 1 N–H and O–H groups in total. The number of phenols is 1. The van der Waals surface area contributed by atoms with Crippen molar-refractivity contribution in [3.8, 4) is 16.9 Å². The molecule has 0 spiro atoms. The second-order valence-corrected chi connectivity index (χ2v) is 5.53. The maximum Gasteiger partial charge on any atom is 0.165 e. The topological polar surface area (TPSA) is 20.2 Å². The molecule has 0 aliphatic carbocycles. The zero-order chi connectivity index (χ0) is 15.1. The van der Waals surface area contributed by atoms with Gasteiger partial charge in [-0.2, -0.15) is 0 Å². The van der Waals surface area contributed by atoms with Gasteiger partial charge in [-0.05, 0) is 41.7 Å². The normalized spacial score (nSPS) is 10.8. The third kappa shape index (κ3) is 4.59. The molecule has 0 bridgehead atoms. The van der Waals surface area contributed by atoms with Gasteiger partial charge in [0.2, 0.25) is 0 Å². The summed E-state index contributed by atoms with van der Waals surface area (Å²) in [5, 5.41) is 9.22. The van der Waals surface area contributed by atoms with Crippen LogP contribution in [0.3, 0.4) is 0 Å². The smallest absolute Gasteiger partial charge is 0.165 e. The van der Waals surface area contributed by atoms with Gasteiger partial charge < -0.3 is 5.11 Å². The van der Waals surface area contributed by atoms with Crippen molar-refractivity contribution in [1.82, 2.24) is 0 Å². The van der Waals surface area contributed by atoms with E-state index >= 15 is 0 Å². The van der Waals surface area contributed by atoms with Crippen LogP contribution >= 0.6 is 0 Å². The molecule has 2 heteroatoms. The number of phenolic OH excluding ortho intramolecular Hbond substituents is 1. The molecule has 1 nitrogen and oxygen atoms in total. The molecule has 21 heavy (non-hydrogen) atoms. The Kier molecular flexibility index (Phi) is 5.79. The van der Waals surface area contributed by atoms with Crippen LogP contribution in [0.2, 0.25) is 0 Å². The molecule has 0 aromatic heterocycles. The van der Waals surface area contributed by atoms with Gasteiger partial charge in [0.15, 0.2) is 11.6 Å². The van der Waals surface area contributed by atoms with Crippen LogP contribution in [0.15, 0.2) is 42.5 Å². The van der Waals surface area contributed by atoms with E-state index in [1.54, 1.807) is 6.07 Å². The lowest BCUT2D eigenvalue weighted by molar-refractivity contribution is 0.432. The monoisotopic (exact) mass is 286 g/mol. The molecule has 0 amide bonds. The average Bonchev–Trinajstić information content (AvgIpc) is 2.50. The number of aromatic hydroxyl groups is 1. The van der Waals surface area contributed by atoms with E-state index in [2.05, 4.69) is 19.1 Å². The molecule has 2 rings (SSSR count). The predicted octanol–water partition coefficient (Wildman–Crippen LogP) is 5.71. The molecule has 0 aliphatic heterocycles.